The Kier molecular flexibility index (Phi) is 4.45. The van der Waals surface area contributed by atoms with Crippen molar-refractivity contribution in [3.8, 4) is 0 Å². The first kappa shape index (κ1) is 13.6. The smallest absolute Gasteiger partial charge is 0.00965 e. The van der Waals surface area contributed by atoms with E-state index < -0.39 is 0 Å². The van der Waals surface area contributed by atoms with Gasteiger partial charge in [0.2, 0.25) is 0 Å². The molecule has 1 aliphatic carbocycles. The SMILES string of the molecule is CC(C)(C)NCCCCc1cccc(C2CC2)c1. The Hall–Kier alpha value is -0.820. The van der Waals surface area contributed by atoms with Gasteiger partial charge in [0.25, 0.3) is 0 Å². The van der Waals surface area contributed by atoms with Gasteiger partial charge in [0, 0.05) is 5.54 Å². The minimum atomic E-state index is 0.256. The van der Waals surface area contributed by atoms with Gasteiger partial charge in [-0.2, -0.15) is 0 Å². The van der Waals surface area contributed by atoms with E-state index in [1.54, 1.807) is 5.56 Å². The minimum absolute atomic E-state index is 0.256. The summed E-state index contributed by atoms with van der Waals surface area (Å²) < 4.78 is 0. The predicted octanol–water partition coefficient (Wildman–Crippen LogP) is 4.27. The number of hydrogen-bond donors (Lipinski definition) is 1. The van der Waals surface area contributed by atoms with Crippen LogP contribution in [0.3, 0.4) is 0 Å². The van der Waals surface area contributed by atoms with Gasteiger partial charge in [-0.15, -0.1) is 0 Å². The van der Waals surface area contributed by atoms with Gasteiger partial charge in [0.1, 0.15) is 0 Å². The molecule has 0 radical (unpaired) electrons. The van der Waals surface area contributed by atoms with Crippen LogP contribution in [0.5, 0.6) is 0 Å². The fourth-order valence-electron chi connectivity index (χ4n) is 2.34. The van der Waals surface area contributed by atoms with E-state index >= 15 is 0 Å². The number of aryl methyl sites for hydroxylation is 1. The van der Waals surface area contributed by atoms with Crippen LogP contribution >= 0.6 is 0 Å². The Balaban J connectivity index is 1.68. The zero-order valence-corrected chi connectivity index (χ0v) is 12.1. The zero-order valence-electron chi connectivity index (χ0n) is 12.1. The summed E-state index contributed by atoms with van der Waals surface area (Å²) in [5, 5.41) is 3.55. The van der Waals surface area contributed by atoms with Crippen molar-refractivity contribution in [3.63, 3.8) is 0 Å². The molecule has 0 aliphatic heterocycles. The first-order valence-corrected chi connectivity index (χ1v) is 7.38. The van der Waals surface area contributed by atoms with E-state index in [2.05, 4.69) is 50.4 Å². The van der Waals surface area contributed by atoms with E-state index in [1.807, 2.05) is 0 Å². The molecule has 1 nitrogen and oxygen atoms in total. The topological polar surface area (TPSA) is 12.0 Å². The highest BCUT2D eigenvalue weighted by molar-refractivity contribution is 5.29. The molecule has 0 spiro atoms. The molecule has 1 aliphatic rings. The maximum atomic E-state index is 3.55. The molecule has 1 fully saturated rings. The van der Waals surface area contributed by atoms with Crippen LogP contribution in [0.1, 0.15) is 63.5 Å². The summed E-state index contributed by atoms with van der Waals surface area (Å²) in [6, 6.07) is 9.23. The molecule has 0 bridgehead atoms. The molecule has 0 atom stereocenters. The summed E-state index contributed by atoms with van der Waals surface area (Å²) in [6.45, 7) is 7.82. The third kappa shape index (κ3) is 4.81. The predicted molar refractivity (Wildman–Crippen MR) is 79.1 cm³/mol. The van der Waals surface area contributed by atoms with Crippen molar-refractivity contribution in [1.29, 1.82) is 0 Å². The molecule has 100 valence electrons. The third-order valence-electron chi connectivity index (χ3n) is 3.55. The molecule has 2 rings (SSSR count). The van der Waals surface area contributed by atoms with Crippen LogP contribution in [0.25, 0.3) is 0 Å². The van der Waals surface area contributed by atoms with Crippen LogP contribution in [0.2, 0.25) is 0 Å². The second-order valence-corrected chi connectivity index (χ2v) is 6.65. The molecule has 1 heteroatoms. The highest BCUT2D eigenvalue weighted by Crippen LogP contribution is 2.40. The molecule has 0 unspecified atom stereocenters. The van der Waals surface area contributed by atoms with Crippen LogP contribution in [0.15, 0.2) is 24.3 Å². The third-order valence-corrected chi connectivity index (χ3v) is 3.55. The molecule has 18 heavy (non-hydrogen) atoms. The van der Waals surface area contributed by atoms with Crippen LogP contribution in [-0.2, 0) is 6.42 Å². The molecule has 1 N–H and O–H groups in total. The molecule has 0 amide bonds. The van der Waals surface area contributed by atoms with Gasteiger partial charge in [-0.1, -0.05) is 24.3 Å². The standard InChI is InChI=1S/C17H27N/c1-17(2,3)18-12-5-4-7-14-8-6-9-16(13-14)15-10-11-15/h6,8-9,13,15,18H,4-5,7,10-12H2,1-3H3. The number of benzene rings is 1. The van der Waals surface area contributed by atoms with Crippen molar-refractivity contribution in [3.05, 3.63) is 35.4 Å². The summed E-state index contributed by atoms with van der Waals surface area (Å²) in [5.41, 5.74) is 3.35. The monoisotopic (exact) mass is 245 g/mol. The highest BCUT2D eigenvalue weighted by atomic mass is 14.9. The molecule has 1 aromatic carbocycles. The average molecular weight is 245 g/mol. The van der Waals surface area contributed by atoms with Gasteiger partial charge in [0.15, 0.2) is 0 Å². The lowest BCUT2D eigenvalue weighted by molar-refractivity contribution is 0.419. The Morgan fingerprint density at radius 2 is 1.94 bits per heavy atom. The maximum absolute atomic E-state index is 3.55. The van der Waals surface area contributed by atoms with Gasteiger partial charge in [-0.3, -0.25) is 0 Å². The fourth-order valence-corrected chi connectivity index (χ4v) is 2.34. The maximum Gasteiger partial charge on any atom is 0.00965 e. The van der Waals surface area contributed by atoms with E-state index in [9.17, 15) is 0 Å². The summed E-state index contributed by atoms with van der Waals surface area (Å²) in [4.78, 5) is 0. The van der Waals surface area contributed by atoms with Crippen LogP contribution in [-0.4, -0.2) is 12.1 Å². The first-order chi connectivity index (χ1) is 8.54. The minimum Gasteiger partial charge on any atom is -0.312 e. The largest absolute Gasteiger partial charge is 0.312 e. The summed E-state index contributed by atoms with van der Waals surface area (Å²) in [7, 11) is 0. The fraction of sp³-hybridized carbons (Fsp3) is 0.647. The Morgan fingerprint density at radius 3 is 2.61 bits per heavy atom. The van der Waals surface area contributed by atoms with Crippen molar-refractivity contribution >= 4 is 0 Å². The normalized spacial score (nSPS) is 15.9. The van der Waals surface area contributed by atoms with E-state index in [1.165, 1.54) is 37.7 Å². The molecule has 1 aromatic rings. The number of nitrogens with one attached hydrogen (secondary N) is 1. The number of unbranched alkanes of at least 4 members (excludes halogenated alkanes) is 1. The lowest BCUT2D eigenvalue weighted by atomic mass is 10.0. The number of rotatable bonds is 6. The Labute approximate surface area is 112 Å². The van der Waals surface area contributed by atoms with Gasteiger partial charge in [0.05, 0.1) is 0 Å². The molecule has 0 heterocycles. The molecule has 0 aromatic heterocycles. The summed E-state index contributed by atoms with van der Waals surface area (Å²) in [5.74, 6) is 0.882. The second kappa shape index (κ2) is 5.88. The molecular weight excluding hydrogens is 218 g/mol. The van der Waals surface area contributed by atoms with E-state index in [4.69, 9.17) is 0 Å². The quantitative estimate of drug-likeness (QED) is 0.738. The van der Waals surface area contributed by atoms with Crippen molar-refractivity contribution < 1.29 is 0 Å². The highest BCUT2D eigenvalue weighted by Gasteiger charge is 2.23. The van der Waals surface area contributed by atoms with E-state index in [0.29, 0.717) is 0 Å². The van der Waals surface area contributed by atoms with Gasteiger partial charge in [-0.05, 0) is 76.5 Å². The zero-order chi connectivity index (χ0) is 13.0. The van der Waals surface area contributed by atoms with Crippen molar-refractivity contribution in [1.82, 2.24) is 5.32 Å². The lowest BCUT2D eigenvalue weighted by Gasteiger charge is -2.20. The van der Waals surface area contributed by atoms with Gasteiger partial charge in [-0.25, -0.2) is 0 Å². The molecule has 0 saturated heterocycles. The van der Waals surface area contributed by atoms with Gasteiger partial charge < -0.3 is 5.32 Å². The molecule has 1 saturated carbocycles. The summed E-state index contributed by atoms with van der Waals surface area (Å²) in [6.07, 6.45) is 6.59. The van der Waals surface area contributed by atoms with Crippen molar-refractivity contribution in [2.24, 2.45) is 0 Å². The van der Waals surface area contributed by atoms with E-state index in [0.717, 1.165) is 12.5 Å². The van der Waals surface area contributed by atoms with Crippen molar-refractivity contribution in [2.45, 2.75) is 64.3 Å². The van der Waals surface area contributed by atoms with Crippen LogP contribution in [0.4, 0.5) is 0 Å². The Bertz CT molecular complexity index is 371. The molecular formula is C17H27N. The van der Waals surface area contributed by atoms with Gasteiger partial charge >= 0.3 is 0 Å². The summed E-state index contributed by atoms with van der Waals surface area (Å²) >= 11 is 0. The number of hydrogen-bond acceptors (Lipinski definition) is 1. The van der Waals surface area contributed by atoms with Crippen LogP contribution < -0.4 is 5.32 Å². The lowest BCUT2D eigenvalue weighted by Crippen LogP contribution is -2.36. The first-order valence-electron chi connectivity index (χ1n) is 7.38. The average Bonchev–Trinajstić information content (AvgIpc) is 3.11. The van der Waals surface area contributed by atoms with Crippen LogP contribution in [0, 0.1) is 0 Å². The second-order valence-electron chi connectivity index (χ2n) is 6.65. The van der Waals surface area contributed by atoms with Crippen molar-refractivity contribution in [2.75, 3.05) is 6.54 Å². The Morgan fingerprint density at radius 1 is 1.17 bits per heavy atom. The van der Waals surface area contributed by atoms with E-state index in [-0.39, 0.29) is 5.54 Å².